The standard InChI is InChI=1S/C15H14O2/c1-15(2)14-13(16-14)11-8-7-9-5-3-4-6-10(9)12(11)17-15/h3-8,13-14H,1-2H3. The van der Waals surface area contributed by atoms with Crippen LogP contribution in [-0.4, -0.2) is 11.7 Å². The lowest BCUT2D eigenvalue weighted by Gasteiger charge is -2.30. The topological polar surface area (TPSA) is 21.8 Å². The minimum Gasteiger partial charge on any atom is -0.484 e. The van der Waals surface area contributed by atoms with Gasteiger partial charge in [0.2, 0.25) is 0 Å². The molecule has 0 saturated carbocycles. The Morgan fingerprint density at radius 3 is 2.76 bits per heavy atom. The van der Waals surface area contributed by atoms with E-state index in [0.717, 1.165) is 5.75 Å². The van der Waals surface area contributed by atoms with Crippen molar-refractivity contribution in [2.75, 3.05) is 0 Å². The summed E-state index contributed by atoms with van der Waals surface area (Å²) >= 11 is 0. The Balaban J connectivity index is 2.02. The van der Waals surface area contributed by atoms with Crippen molar-refractivity contribution in [3.8, 4) is 5.75 Å². The predicted octanol–water partition coefficient (Wildman–Crippen LogP) is 3.45. The summed E-state index contributed by atoms with van der Waals surface area (Å²) < 4.78 is 11.9. The van der Waals surface area contributed by atoms with Gasteiger partial charge in [0.05, 0.1) is 0 Å². The Morgan fingerprint density at radius 2 is 1.88 bits per heavy atom. The minimum atomic E-state index is -0.220. The van der Waals surface area contributed by atoms with Crippen molar-refractivity contribution in [1.29, 1.82) is 0 Å². The van der Waals surface area contributed by atoms with Crippen molar-refractivity contribution in [1.82, 2.24) is 0 Å². The molecule has 2 aliphatic rings. The van der Waals surface area contributed by atoms with E-state index >= 15 is 0 Å². The number of hydrogen-bond donors (Lipinski definition) is 0. The molecule has 17 heavy (non-hydrogen) atoms. The van der Waals surface area contributed by atoms with Gasteiger partial charge in [-0.2, -0.15) is 0 Å². The van der Waals surface area contributed by atoms with Crippen LogP contribution in [0.1, 0.15) is 25.5 Å². The summed E-state index contributed by atoms with van der Waals surface area (Å²) in [7, 11) is 0. The average Bonchev–Trinajstić information content (AvgIpc) is 3.10. The van der Waals surface area contributed by atoms with Gasteiger partial charge in [-0.15, -0.1) is 0 Å². The number of hydrogen-bond acceptors (Lipinski definition) is 2. The monoisotopic (exact) mass is 226 g/mol. The molecule has 2 heteroatoms. The van der Waals surface area contributed by atoms with Crippen LogP contribution >= 0.6 is 0 Å². The number of fused-ring (bicyclic) bond motifs is 5. The molecule has 4 rings (SSSR count). The van der Waals surface area contributed by atoms with Crippen molar-refractivity contribution < 1.29 is 9.47 Å². The lowest BCUT2D eigenvalue weighted by atomic mass is 9.92. The van der Waals surface area contributed by atoms with Gasteiger partial charge in [-0.05, 0) is 19.2 Å². The van der Waals surface area contributed by atoms with Crippen LogP contribution in [0.3, 0.4) is 0 Å². The maximum Gasteiger partial charge on any atom is 0.133 e. The largest absolute Gasteiger partial charge is 0.484 e. The first kappa shape index (κ1) is 9.49. The summed E-state index contributed by atoms with van der Waals surface area (Å²) in [5, 5.41) is 2.41. The lowest BCUT2D eigenvalue weighted by molar-refractivity contribution is 0.0743. The highest BCUT2D eigenvalue weighted by Crippen LogP contribution is 2.55. The van der Waals surface area contributed by atoms with E-state index in [0.29, 0.717) is 0 Å². The summed E-state index contributed by atoms with van der Waals surface area (Å²) in [4.78, 5) is 0. The van der Waals surface area contributed by atoms with Crippen LogP contribution in [0.25, 0.3) is 10.8 Å². The van der Waals surface area contributed by atoms with Gasteiger partial charge in [-0.1, -0.05) is 36.4 Å². The quantitative estimate of drug-likeness (QED) is 0.642. The molecule has 0 aromatic heterocycles. The third kappa shape index (κ3) is 1.19. The van der Waals surface area contributed by atoms with Gasteiger partial charge >= 0.3 is 0 Å². The number of benzene rings is 2. The fourth-order valence-electron chi connectivity index (χ4n) is 2.80. The molecule has 2 aromatic carbocycles. The molecular formula is C15H14O2. The molecule has 2 aliphatic heterocycles. The van der Waals surface area contributed by atoms with Crippen LogP contribution in [0, 0.1) is 0 Å². The molecule has 1 fully saturated rings. The molecule has 0 N–H and O–H groups in total. The second-order valence-corrected chi connectivity index (χ2v) is 5.39. The van der Waals surface area contributed by atoms with Crippen LogP contribution < -0.4 is 4.74 Å². The SMILES string of the molecule is CC1(C)Oc2c(ccc3ccccc23)C2OC21. The average molecular weight is 226 g/mol. The molecular weight excluding hydrogens is 212 g/mol. The predicted molar refractivity (Wildman–Crippen MR) is 66.3 cm³/mol. The molecule has 86 valence electrons. The molecule has 2 atom stereocenters. The summed E-state index contributed by atoms with van der Waals surface area (Å²) in [6.07, 6.45) is 0.453. The van der Waals surface area contributed by atoms with Gasteiger partial charge in [0.1, 0.15) is 23.6 Å². The van der Waals surface area contributed by atoms with Gasteiger partial charge in [0, 0.05) is 10.9 Å². The van der Waals surface area contributed by atoms with Crippen molar-refractivity contribution >= 4 is 10.8 Å². The van der Waals surface area contributed by atoms with E-state index in [-0.39, 0.29) is 17.8 Å². The van der Waals surface area contributed by atoms with Crippen LogP contribution in [-0.2, 0) is 4.74 Å². The number of ether oxygens (including phenoxy) is 2. The molecule has 0 amide bonds. The van der Waals surface area contributed by atoms with Crippen LogP contribution in [0.4, 0.5) is 0 Å². The van der Waals surface area contributed by atoms with Crippen molar-refractivity contribution in [3.63, 3.8) is 0 Å². The van der Waals surface area contributed by atoms with Crippen LogP contribution in [0.5, 0.6) is 5.75 Å². The van der Waals surface area contributed by atoms with Gasteiger partial charge < -0.3 is 9.47 Å². The zero-order valence-corrected chi connectivity index (χ0v) is 9.94. The van der Waals surface area contributed by atoms with Crippen LogP contribution in [0.2, 0.25) is 0 Å². The zero-order chi connectivity index (χ0) is 11.6. The molecule has 0 spiro atoms. The highest BCUT2D eigenvalue weighted by molar-refractivity contribution is 5.90. The third-order valence-electron chi connectivity index (χ3n) is 3.76. The zero-order valence-electron chi connectivity index (χ0n) is 9.94. The second-order valence-electron chi connectivity index (χ2n) is 5.39. The van der Waals surface area contributed by atoms with Gasteiger partial charge in [-0.25, -0.2) is 0 Å². The number of rotatable bonds is 0. The van der Waals surface area contributed by atoms with E-state index in [4.69, 9.17) is 9.47 Å². The molecule has 2 aromatic rings. The van der Waals surface area contributed by atoms with E-state index in [2.05, 4.69) is 50.2 Å². The van der Waals surface area contributed by atoms with E-state index in [1.807, 2.05) is 0 Å². The fourth-order valence-corrected chi connectivity index (χ4v) is 2.80. The first-order valence-corrected chi connectivity index (χ1v) is 6.03. The first-order chi connectivity index (χ1) is 8.17. The Hall–Kier alpha value is -1.54. The Morgan fingerprint density at radius 1 is 1.06 bits per heavy atom. The maximum atomic E-state index is 6.16. The van der Waals surface area contributed by atoms with Crippen molar-refractivity contribution in [2.45, 2.75) is 31.7 Å². The lowest BCUT2D eigenvalue weighted by Crippen LogP contribution is -2.37. The van der Waals surface area contributed by atoms with E-state index in [9.17, 15) is 0 Å². The van der Waals surface area contributed by atoms with Gasteiger partial charge in [0.15, 0.2) is 0 Å². The minimum absolute atomic E-state index is 0.219. The van der Waals surface area contributed by atoms with E-state index in [1.54, 1.807) is 0 Å². The Labute approximate surface area is 100 Å². The second kappa shape index (κ2) is 2.82. The molecule has 0 aliphatic carbocycles. The van der Waals surface area contributed by atoms with Crippen LogP contribution in [0.15, 0.2) is 36.4 Å². The van der Waals surface area contributed by atoms with Gasteiger partial charge in [0.25, 0.3) is 0 Å². The van der Waals surface area contributed by atoms with E-state index < -0.39 is 0 Å². The highest BCUT2D eigenvalue weighted by atomic mass is 16.6. The third-order valence-corrected chi connectivity index (χ3v) is 3.76. The molecule has 2 nitrogen and oxygen atoms in total. The first-order valence-electron chi connectivity index (χ1n) is 6.03. The fraction of sp³-hybridized carbons (Fsp3) is 0.333. The molecule has 2 unspecified atom stereocenters. The number of epoxide rings is 1. The van der Waals surface area contributed by atoms with Gasteiger partial charge in [-0.3, -0.25) is 0 Å². The Kier molecular flexibility index (Phi) is 1.58. The summed E-state index contributed by atoms with van der Waals surface area (Å²) in [6, 6.07) is 12.6. The molecule has 0 radical (unpaired) electrons. The summed E-state index contributed by atoms with van der Waals surface area (Å²) in [5.74, 6) is 1.01. The normalized spacial score (nSPS) is 28.1. The van der Waals surface area contributed by atoms with Crippen molar-refractivity contribution in [2.24, 2.45) is 0 Å². The summed E-state index contributed by atoms with van der Waals surface area (Å²) in [5.41, 5.74) is 0.981. The summed E-state index contributed by atoms with van der Waals surface area (Å²) in [6.45, 7) is 4.20. The Bertz CT molecular complexity index is 615. The molecule has 2 heterocycles. The smallest absolute Gasteiger partial charge is 0.133 e. The maximum absolute atomic E-state index is 6.16. The van der Waals surface area contributed by atoms with Crippen molar-refractivity contribution in [3.05, 3.63) is 42.0 Å². The molecule has 1 saturated heterocycles. The molecule has 0 bridgehead atoms. The van der Waals surface area contributed by atoms with E-state index in [1.165, 1.54) is 16.3 Å². The highest BCUT2D eigenvalue weighted by Gasteiger charge is 2.56.